The van der Waals surface area contributed by atoms with Gasteiger partial charge in [0.15, 0.2) is 0 Å². The van der Waals surface area contributed by atoms with E-state index in [-0.39, 0.29) is 19.2 Å². The van der Waals surface area contributed by atoms with Gasteiger partial charge in [-0.3, -0.25) is 0 Å². The van der Waals surface area contributed by atoms with Crippen molar-refractivity contribution in [2.45, 2.75) is 6.42 Å². The fourth-order valence-electron chi connectivity index (χ4n) is 1.44. The Morgan fingerprint density at radius 1 is 1.41 bits per heavy atom. The zero-order chi connectivity index (χ0) is 12.5. The quantitative estimate of drug-likeness (QED) is 0.568. The average Bonchev–Trinajstić information content (AvgIpc) is 2.78. The Morgan fingerprint density at radius 3 is 2.88 bits per heavy atom. The molecule has 0 spiro atoms. The van der Waals surface area contributed by atoms with Crippen molar-refractivity contribution in [3.63, 3.8) is 0 Å². The Morgan fingerprint density at radius 2 is 2.24 bits per heavy atom. The van der Waals surface area contributed by atoms with Crippen LogP contribution in [0.5, 0.6) is 0 Å². The van der Waals surface area contributed by atoms with Crippen LogP contribution in [-0.2, 0) is 9.53 Å². The Bertz CT molecular complexity index is 257. The van der Waals surface area contributed by atoms with Crippen molar-refractivity contribution in [3.05, 3.63) is 0 Å². The number of urea groups is 1. The average molecular weight is 262 g/mol. The van der Waals surface area contributed by atoms with Crippen LogP contribution >= 0.6 is 11.8 Å². The highest BCUT2D eigenvalue weighted by Gasteiger charge is 2.15. The molecule has 0 bridgehead atoms. The van der Waals surface area contributed by atoms with Gasteiger partial charge in [-0.2, -0.15) is 11.8 Å². The van der Waals surface area contributed by atoms with E-state index in [4.69, 9.17) is 9.84 Å². The molecule has 1 heterocycles. The summed E-state index contributed by atoms with van der Waals surface area (Å²) in [6.45, 7) is 0.898. The molecule has 98 valence electrons. The van der Waals surface area contributed by atoms with E-state index >= 15 is 0 Å². The molecule has 2 amide bonds. The maximum absolute atomic E-state index is 11.3. The molecular weight excluding hydrogens is 244 g/mol. The zero-order valence-electron chi connectivity index (χ0n) is 9.61. The molecule has 0 aliphatic carbocycles. The number of carboxylic acid groups (broad SMARTS) is 1. The molecule has 7 heteroatoms. The predicted molar refractivity (Wildman–Crippen MR) is 65.3 cm³/mol. The van der Waals surface area contributed by atoms with E-state index in [0.29, 0.717) is 19.0 Å². The van der Waals surface area contributed by atoms with Crippen LogP contribution in [0.1, 0.15) is 6.42 Å². The summed E-state index contributed by atoms with van der Waals surface area (Å²) in [6, 6.07) is -0.221. The molecule has 1 unspecified atom stereocenters. The molecule has 0 aromatic carbocycles. The van der Waals surface area contributed by atoms with Crippen molar-refractivity contribution in [2.75, 3.05) is 37.8 Å². The third kappa shape index (κ3) is 7.06. The van der Waals surface area contributed by atoms with E-state index in [1.54, 1.807) is 0 Å². The predicted octanol–water partition coefficient (Wildman–Crippen LogP) is 0.140. The number of hydrogen-bond donors (Lipinski definition) is 3. The first-order chi connectivity index (χ1) is 8.18. The first-order valence-corrected chi connectivity index (χ1v) is 6.73. The number of carbonyl (C=O) groups is 2. The highest BCUT2D eigenvalue weighted by Crippen LogP contribution is 2.22. The Kier molecular flexibility index (Phi) is 6.80. The highest BCUT2D eigenvalue weighted by molar-refractivity contribution is 7.99. The van der Waals surface area contributed by atoms with Crippen LogP contribution in [0.15, 0.2) is 0 Å². The topological polar surface area (TPSA) is 87.7 Å². The molecule has 17 heavy (non-hydrogen) atoms. The van der Waals surface area contributed by atoms with Gasteiger partial charge in [0.05, 0.1) is 6.61 Å². The number of thioether (sulfide) groups is 1. The van der Waals surface area contributed by atoms with Gasteiger partial charge >= 0.3 is 12.0 Å². The Hall–Kier alpha value is -0.950. The Balaban J connectivity index is 1.92. The maximum Gasteiger partial charge on any atom is 0.329 e. The molecule has 1 aliphatic heterocycles. The first kappa shape index (κ1) is 14.1. The van der Waals surface area contributed by atoms with Crippen LogP contribution in [0.2, 0.25) is 0 Å². The zero-order valence-corrected chi connectivity index (χ0v) is 10.4. The summed E-state index contributed by atoms with van der Waals surface area (Å²) in [5, 5.41) is 13.7. The molecule has 6 nitrogen and oxygen atoms in total. The minimum Gasteiger partial charge on any atom is -0.480 e. The molecular formula is C10H18N2O4S. The van der Waals surface area contributed by atoms with E-state index in [1.165, 1.54) is 5.75 Å². The van der Waals surface area contributed by atoms with E-state index in [1.807, 2.05) is 11.8 Å². The first-order valence-electron chi connectivity index (χ1n) is 5.57. The summed E-state index contributed by atoms with van der Waals surface area (Å²) in [6.07, 6.45) is 1.16. The number of ether oxygens (including phenoxy) is 1. The molecule has 0 saturated carbocycles. The minimum atomic E-state index is -1.01. The molecule has 1 saturated heterocycles. The summed E-state index contributed by atoms with van der Waals surface area (Å²) in [5.41, 5.74) is 0. The van der Waals surface area contributed by atoms with E-state index in [2.05, 4.69) is 10.6 Å². The van der Waals surface area contributed by atoms with Gasteiger partial charge in [-0.25, -0.2) is 9.59 Å². The number of hydrogen-bond acceptors (Lipinski definition) is 4. The third-order valence-corrected chi connectivity index (χ3v) is 3.56. The fourth-order valence-corrected chi connectivity index (χ4v) is 2.72. The Labute approximate surface area is 104 Å². The minimum absolute atomic E-state index is 0.207. The summed E-state index contributed by atoms with van der Waals surface area (Å²) in [7, 11) is 0. The van der Waals surface area contributed by atoms with Crippen molar-refractivity contribution < 1.29 is 19.4 Å². The van der Waals surface area contributed by atoms with E-state index in [0.717, 1.165) is 12.2 Å². The fraction of sp³-hybridized carbons (Fsp3) is 0.800. The number of carboxylic acids is 1. The highest BCUT2D eigenvalue weighted by atomic mass is 32.2. The van der Waals surface area contributed by atoms with Gasteiger partial charge in [-0.1, -0.05) is 0 Å². The SMILES string of the molecule is O=C(O)COCCNC(=O)NCC1CCSC1. The van der Waals surface area contributed by atoms with Crippen LogP contribution < -0.4 is 10.6 Å². The van der Waals surface area contributed by atoms with Crippen molar-refractivity contribution in [2.24, 2.45) is 5.92 Å². The number of amides is 2. The van der Waals surface area contributed by atoms with E-state index < -0.39 is 5.97 Å². The smallest absolute Gasteiger partial charge is 0.329 e. The van der Waals surface area contributed by atoms with Gasteiger partial charge in [0, 0.05) is 13.1 Å². The molecule has 1 atom stereocenters. The molecule has 3 N–H and O–H groups in total. The van der Waals surface area contributed by atoms with Gasteiger partial charge in [0.1, 0.15) is 6.61 Å². The molecule has 0 aromatic rings. The lowest BCUT2D eigenvalue weighted by molar-refractivity contribution is -0.142. The van der Waals surface area contributed by atoms with Gasteiger partial charge < -0.3 is 20.5 Å². The lowest BCUT2D eigenvalue weighted by Crippen LogP contribution is -2.39. The number of nitrogens with one attached hydrogen (secondary N) is 2. The van der Waals surface area contributed by atoms with Gasteiger partial charge in [0.25, 0.3) is 0 Å². The second kappa shape index (κ2) is 8.19. The van der Waals surface area contributed by atoms with Gasteiger partial charge in [-0.05, 0) is 23.8 Å². The normalized spacial score (nSPS) is 18.9. The number of rotatable bonds is 7. The van der Waals surface area contributed by atoms with Crippen molar-refractivity contribution in [1.29, 1.82) is 0 Å². The van der Waals surface area contributed by atoms with Crippen molar-refractivity contribution in [1.82, 2.24) is 10.6 Å². The maximum atomic E-state index is 11.3. The summed E-state index contributed by atoms with van der Waals surface area (Å²) in [4.78, 5) is 21.4. The summed E-state index contributed by atoms with van der Waals surface area (Å²) in [5.74, 6) is 1.86. The summed E-state index contributed by atoms with van der Waals surface area (Å²) >= 11 is 1.91. The molecule has 0 aromatic heterocycles. The second-order valence-corrected chi connectivity index (χ2v) is 4.96. The molecule has 1 aliphatic rings. The van der Waals surface area contributed by atoms with Crippen LogP contribution in [-0.4, -0.2) is 54.9 Å². The van der Waals surface area contributed by atoms with Crippen LogP contribution in [0.3, 0.4) is 0 Å². The molecule has 1 rings (SSSR count). The molecule has 0 radical (unpaired) electrons. The van der Waals surface area contributed by atoms with Crippen molar-refractivity contribution >= 4 is 23.8 Å². The van der Waals surface area contributed by atoms with Gasteiger partial charge in [-0.15, -0.1) is 0 Å². The number of carbonyl (C=O) groups excluding carboxylic acids is 1. The molecule has 1 fully saturated rings. The third-order valence-electron chi connectivity index (χ3n) is 2.33. The lowest BCUT2D eigenvalue weighted by atomic mass is 10.1. The van der Waals surface area contributed by atoms with E-state index in [9.17, 15) is 9.59 Å². The van der Waals surface area contributed by atoms with Crippen LogP contribution in [0, 0.1) is 5.92 Å². The standard InChI is InChI=1S/C10H18N2O4S/c13-9(14)6-16-3-2-11-10(15)12-5-8-1-4-17-7-8/h8H,1-7H2,(H,13,14)(H2,11,12,15). The summed E-state index contributed by atoms with van der Waals surface area (Å²) < 4.78 is 4.78. The van der Waals surface area contributed by atoms with Crippen LogP contribution in [0.4, 0.5) is 4.79 Å². The van der Waals surface area contributed by atoms with Crippen LogP contribution in [0.25, 0.3) is 0 Å². The lowest BCUT2D eigenvalue weighted by Gasteiger charge is -2.11. The second-order valence-electron chi connectivity index (χ2n) is 3.81. The largest absolute Gasteiger partial charge is 0.480 e. The number of aliphatic carboxylic acids is 1. The monoisotopic (exact) mass is 262 g/mol. The van der Waals surface area contributed by atoms with Gasteiger partial charge in [0.2, 0.25) is 0 Å². The van der Waals surface area contributed by atoms with Crippen molar-refractivity contribution in [3.8, 4) is 0 Å².